The van der Waals surface area contributed by atoms with Crippen molar-refractivity contribution in [3.8, 4) is 0 Å². The standard InChI is InChI=1S/C12H20N2O2/c1-10(2)8-16-6-4-14-12(7-13)11-3-5-15-9-11/h3,5,9,12,14H,1,4,6-8,13H2,2H3. The number of hydrogen-bond acceptors (Lipinski definition) is 4. The minimum Gasteiger partial charge on any atom is -0.472 e. The molecular weight excluding hydrogens is 204 g/mol. The summed E-state index contributed by atoms with van der Waals surface area (Å²) in [5.74, 6) is 0. The summed E-state index contributed by atoms with van der Waals surface area (Å²) in [4.78, 5) is 0. The maximum absolute atomic E-state index is 5.67. The van der Waals surface area contributed by atoms with E-state index in [4.69, 9.17) is 14.9 Å². The largest absolute Gasteiger partial charge is 0.472 e. The van der Waals surface area contributed by atoms with E-state index < -0.39 is 0 Å². The van der Waals surface area contributed by atoms with Gasteiger partial charge in [-0.15, -0.1) is 0 Å². The lowest BCUT2D eigenvalue weighted by Gasteiger charge is -2.15. The third kappa shape index (κ3) is 4.61. The van der Waals surface area contributed by atoms with E-state index >= 15 is 0 Å². The summed E-state index contributed by atoms with van der Waals surface area (Å²) in [6, 6.07) is 2.05. The first-order chi connectivity index (χ1) is 7.74. The molecule has 0 aliphatic heterocycles. The van der Waals surface area contributed by atoms with Gasteiger partial charge in [0.15, 0.2) is 0 Å². The summed E-state index contributed by atoms with van der Waals surface area (Å²) in [6.45, 7) is 8.28. The highest BCUT2D eigenvalue weighted by Crippen LogP contribution is 2.11. The fourth-order valence-corrected chi connectivity index (χ4v) is 1.36. The lowest BCUT2D eigenvalue weighted by Crippen LogP contribution is -2.30. The Morgan fingerprint density at radius 2 is 2.50 bits per heavy atom. The number of furan rings is 1. The zero-order valence-electron chi connectivity index (χ0n) is 9.74. The van der Waals surface area contributed by atoms with E-state index in [1.807, 2.05) is 13.0 Å². The molecule has 1 aromatic heterocycles. The van der Waals surface area contributed by atoms with E-state index in [2.05, 4.69) is 11.9 Å². The highest BCUT2D eigenvalue weighted by atomic mass is 16.5. The maximum Gasteiger partial charge on any atom is 0.0950 e. The lowest BCUT2D eigenvalue weighted by atomic mass is 10.1. The van der Waals surface area contributed by atoms with Gasteiger partial charge in [0.05, 0.1) is 25.7 Å². The Kier molecular flexibility index (Phi) is 5.85. The van der Waals surface area contributed by atoms with Crippen molar-refractivity contribution in [3.63, 3.8) is 0 Å². The van der Waals surface area contributed by atoms with Gasteiger partial charge in [0.25, 0.3) is 0 Å². The van der Waals surface area contributed by atoms with Crippen LogP contribution in [0, 0.1) is 0 Å². The third-order valence-electron chi connectivity index (χ3n) is 2.17. The molecule has 3 N–H and O–H groups in total. The Bertz CT molecular complexity index is 296. The van der Waals surface area contributed by atoms with Gasteiger partial charge in [-0.25, -0.2) is 0 Å². The van der Waals surface area contributed by atoms with Crippen molar-refractivity contribution in [2.75, 3.05) is 26.3 Å². The normalized spacial score (nSPS) is 12.6. The highest BCUT2D eigenvalue weighted by Gasteiger charge is 2.09. The summed E-state index contributed by atoms with van der Waals surface area (Å²) >= 11 is 0. The Morgan fingerprint density at radius 3 is 3.06 bits per heavy atom. The van der Waals surface area contributed by atoms with Crippen molar-refractivity contribution < 1.29 is 9.15 Å². The second-order valence-electron chi connectivity index (χ2n) is 3.81. The van der Waals surface area contributed by atoms with Gasteiger partial charge in [0.2, 0.25) is 0 Å². The SMILES string of the molecule is C=C(C)COCCNC(CN)c1ccoc1. The van der Waals surface area contributed by atoms with Crippen molar-refractivity contribution in [1.29, 1.82) is 0 Å². The van der Waals surface area contributed by atoms with Gasteiger partial charge in [-0.05, 0) is 13.0 Å². The molecule has 1 unspecified atom stereocenters. The fraction of sp³-hybridized carbons (Fsp3) is 0.500. The Labute approximate surface area is 96.5 Å². The first-order valence-electron chi connectivity index (χ1n) is 5.41. The molecule has 4 nitrogen and oxygen atoms in total. The Hall–Kier alpha value is -1.10. The van der Waals surface area contributed by atoms with Crippen LogP contribution in [0.1, 0.15) is 18.5 Å². The van der Waals surface area contributed by atoms with Gasteiger partial charge >= 0.3 is 0 Å². The van der Waals surface area contributed by atoms with Crippen LogP contribution in [0.5, 0.6) is 0 Å². The number of nitrogens with two attached hydrogens (primary N) is 1. The average molecular weight is 224 g/mol. The van der Waals surface area contributed by atoms with Crippen LogP contribution >= 0.6 is 0 Å². The predicted molar refractivity (Wildman–Crippen MR) is 64.1 cm³/mol. The summed E-state index contributed by atoms with van der Waals surface area (Å²) in [7, 11) is 0. The van der Waals surface area contributed by atoms with Crippen molar-refractivity contribution >= 4 is 0 Å². The van der Waals surface area contributed by atoms with Gasteiger partial charge in [-0.1, -0.05) is 12.2 Å². The number of nitrogens with one attached hydrogen (secondary N) is 1. The third-order valence-corrected chi connectivity index (χ3v) is 2.17. The molecule has 0 saturated heterocycles. The van der Waals surface area contributed by atoms with E-state index in [9.17, 15) is 0 Å². The summed E-state index contributed by atoms with van der Waals surface area (Å²) < 4.78 is 10.4. The molecule has 1 aromatic rings. The molecule has 90 valence electrons. The van der Waals surface area contributed by atoms with Crippen LogP contribution in [0.2, 0.25) is 0 Å². The van der Waals surface area contributed by atoms with E-state index in [1.54, 1.807) is 12.5 Å². The number of ether oxygens (including phenoxy) is 1. The zero-order chi connectivity index (χ0) is 11.8. The molecule has 1 heterocycles. The molecule has 0 aliphatic rings. The predicted octanol–water partition coefficient (Wildman–Crippen LogP) is 1.46. The molecule has 0 fully saturated rings. The molecule has 0 spiro atoms. The Balaban J connectivity index is 2.18. The second kappa shape index (κ2) is 7.22. The van der Waals surface area contributed by atoms with Crippen molar-refractivity contribution in [3.05, 3.63) is 36.3 Å². The Morgan fingerprint density at radius 1 is 1.69 bits per heavy atom. The van der Waals surface area contributed by atoms with Crippen molar-refractivity contribution in [1.82, 2.24) is 5.32 Å². The smallest absolute Gasteiger partial charge is 0.0950 e. The van der Waals surface area contributed by atoms with Crippen LogP contribution in [0.4, 0.5) is 0 Å². The fourth-order valence-electron chi connectivity index (χ4n) is 1.36. The quantitative estimate of drug-likeness (QED) is 0.518. The molecule has 1 atom stereocenters. The van der Waals surface area contributed by atoms with Crippen LogP contribution in [-0.2, 0) is 4.74 Å². The van der Waals surface area contributed by atoms with Gasteiger partial charge in [-0.3, -0.25) is 0 Å². The highest BCUT2D eigenvalue weighted by molar-refractivity contribution is 5.11. The summed E-state index contributed by atoms with van der Waals surface area (Å²) in [5, 5.41) is 3.31. The van der Waals surface area contributed by atoms with E-state index in [1.165, 1.54) is 0 Å². The van der Waals surface area contributed by atoms with E-state index in [-0.39, 0.29) is 6.04 Å². The van der Waals surface area contributed by atoms with Crippen LogP contribution in [0.15, 0.2) is 35.2 Å². The molecule has 0 bridgehead atoms. The summed E-state index contributed by atoms with van der Waals surface area (Å²) in [5.41, 5.74) is 7.77. The molecule has 1 rings (SSSR count). The van der Waals surface area contributed by atoms with Gasteiger partial charge < -0.3 is 20.2 Å². The molecule has 0 aromatic carbocycles. The number of hydrogen-bond donors (Lipinski definition) is 2. The molecule has 4 heteroatoms. The van der Waals surface area contributed by atoms with Gasteiger partial charge in [0.1, 0.15) is 0 Å². The zero-order valence-corrected chi connectivity index (χ0v) is 9.74. The molecule has 0 aliphatic carbocycles. The molecule has 0 saturated carbocycles. The first kappa shape index (κ1) is 13.0. The van der Waals surface area contributed by atoms with E-state index in [0.717, 1.165) is 17.7 Å². The van der Waals surface area contributed by atoms with Crippen molar-refractivity contribution in [2.24, 2.45) is 5.73 Å². The lowest BCUT2D eigenvalue weighted by molar-refractivity contribution is 0.155. The molecule has 16 heavy (non-hydrogen) atoms. The van der Waals surface area contributed by atoms with Crippen LogP contribution < -0.4 is 11.1 Å². The molecule has 0 radical (unpaired) electrons. The minimum absolute atomic E-state index is 0.132. The second-order valence-corrected chi connectivity index (χ2v) is 3.81. The molecule has 0 amide bonds. The van der Waals surface area contributed by atoms with Crippen LogP contribution in [-0.4, -0.2) is 26.3 Å². The number of rotatable bonds is 8. The van der Waals surface area contributed by atoms with Crippen LogP contribution in [0.25, 0.3) is 0 Å². The van der Waals surface area contributed by atoms with Crippen molar-refractivity contribution in [2.45, 2.75) is 13.0 Å². The topological polar surface area (TPSA) is 60.4 Å². The van der Waals surface area contributed by atoms with Crippen LogP contribution in [0.3, 0.4) is 0 Å². The average Bonchev–Trinajstić information content (AvgIpc) is 2.76. The molecular formula is C12H20N2O2. The van der Waals surface area contributed by atoms with Gasteiger partial charge in [-0.2, -0.15) is 0 Å². The first-order valence-corrected chi connectivity index (χ1v) is 5.41. The monoisotopic (exact) mass is 224 g/mol. The minimum atomic E-state index is 0.132. The summed E-state index contributed by atoms with van der Waals surface area (Å²) in [6.07, 6.45) is 3.36. The van der Waals surface area contributed by atoms with Gasteiger partial charge in [0, 0.05) is 24.7 Å². The van der Waals surface area contributed by atoms with E-state index in [0.29, 0.717) is 19.8 Å². The maximum atomic E-state index is 5.67.